The van der Waals surface area contributed by atoms with Gasteiger partial charge >= 0.3 is 5.97 Å². The Bertz CT molecular complexity index is 1050. The van der Waals surface area contributed by atoms with Gasteiger partial charge in [-0.2, -0.15) is 0 Å². The smallest absolute Gasteiger partial charge is 0.340 e. The van der Waals surface area contributed by atoms with E-state index in [-0.39, 0.29) is 30.3 Å². The third kappa shape index (κ3) is 5.37. The van der Waals surface area contributed by atoms with E-state index in [4.69, 9.17) is 27.9 Å². The SMILES string of the molecule is CN(Cc1ccc(Cl)c(Cl)c1)C(=O)COC(=O)C1=CN2CCS(=O)(=O)N=C2C=C1. The van der Waals surface area contributed by atoms with Gasteiger partial charge in [0.05, 0.1) is 21.4 Å². The number of amides is 1. The number of nitrogens with zero attached hydrogens (tertiary/aromatic N) is 3. The number of carbonyl (C=O) groups excluding carboxylic acids is 2. The van der Waals surface area contributed by atoms with Crippen LogP contribution in [0.3, 0.4) is 0 Å². The average Bonchev–Trinajstić information content (AvgIpc) is 2.67. The first-order valence-electron chi connectivity index (χ1n) is 8.49. The number of amidine groups is 1. The van der Waals surface area contributed by atoms with Crippen molar-refractivity contribution in [1.82, 2.24) is 9.80 Å². The lowest BCUT2D eigenvalue weighted by molar-refractivity contribution is -0.148. The second-order valence-electron chi connectivity index (χ2n) is 6.42. The summed E-state index contributed by atoms with van der Waals surface area (Å²) in [7, 11) is -1.89. The van der Waals surface area contributed by atoms with Crippen LogP contribution in [0.25, 0.3) is 0 Å². The lowest BCUT2D eigenvalue weighted by atomic mass is 10.2. The van der Waals surface area contributed by atoms with Crippen molar-refractivity contribution in [2.24, 2.45) is 4.40 Å². The molecule has 0 bridgehead atoms. The zero-order chi connectivity index (χ0) is 21.2. The molecule has 0 spiro atoms. The fraction of sp³-hybridized carbons (Fsp3) is 0.278. The van der Waals surface area contributed by atoms with Crippen LogP contribution < -0.4 is 0 Å². The molecule has 0 radical (unpaired) electrons. The van der Waals surface area contributed by atoms with Gasteiger partial charge in [0.25, 0.3) is 15.9 Å². The number of hydrogen-bond donors (Lipinski definition) is 0. The zero-order valence-corrected chi connectivity index (χ0v) is 17.7. The Morgan fingerprint density at radius 3 is 2.72 bits per heavy atom. The van der Waals surface area contributed by atoms with Crippen molar-refractivity contribution >= 4 is 50.9 Å². The summed E-state index contributed by atoms with van der Waals surface area (Å²) in [6, 6.07) is 5.05. The number of benzene rings is 1. The Balaban J connectivity index is 1.55. The van der Waals surface area contributed by atoms with Gasteiger partial charge in [0.2, 0.25) is 0 Å². The molecule has 0 saturated heterocycles. The molecule has 29 heavy (non-hydrogen) atoms. The Morgan fingerprint density at radius 2 is 2.00 bits per heavy atom. The molecule has 2 aliphatic rings. The third-order valence-corrected chi connectivity index (χ3v) is 6.12. The van der Waals surface area contributed by atoms with E-state index in [1.54, 1.807) is 30.1 Å². The van der Waals surface area contributed by atoms with Crippen molar-refractivity contribution in [3.05, 3.63) is 57.7 Å². The molecule has 1 amide bonds. The first kappa shape index (κ1) is 21.4. The van der Waals surface area contributed by atoms with Crippen LogP contribution >= 0.6 is 23.2 Å². The van der Waals surface area contributed by atoms with Gasteiger partial charge in [0, 0.05) is 26.3 Å². The number of fused-ring (bicyclic) bond motifs is 1. The average molecular weight is 458 g/mol. The highest BCUT2D eigenvalue weighted by molar-refractivity contribution is 7.90. The highest BCUT2D eigenvalue weighted by atomic mass is 35.5. The van der Waals surface area contributed by atoms with Gasteiger partial charge in [-0.25, -0.2) is 13.2 Å². The molecule has 1 aromatic rings. The van der Waals surface area contributed by atoms with Gasteiger partial charge in [0.15, 0.2) is 6.61 Å². The van der Waals surface area contributed by atoms with E-state index in [9.17, 15) is 18.0 Å². The summed E-state index contributed by atoms with van der Waals surface area (Å²) in [5, 5.41) is 0.813. The maximum absolute atomic E-state index is 12.2. The minimum atomic E-state index is -3.47. The van der Waals surface area contributed by atoms with E-state index >= 15 is 0 Å². The molecule has 0 aromatic heterocycles. The van der Waals surface area contributed by atoms with Gasteiger partial charge < -0.3 is 14.5 Å². The molecule has 3 rings (SSSR count). The number of halogens is 2. The minimum absolute atomic E-state index is 0.138. The van der Waals surface area contributed by atoms with Gasteiger partial charge in [-0.15, -0.1) is 4.40 Å². The normalized spacial score (nSPS) is 17.1. The summed E-state index contributed by atoms with van der Waals surface area (Å²) in [6.45, 7) is 0.0305. The predicted octanol–water partition coefficient (Wildman–Crippen LogP) is 1.99. The molecule has 154 valence electrons. The summed E-state index contributed by atoms with van der Waals surface area (Å²) in [5.74, 6) is -0.979. The molecule has 2 heterocycles. The molecular formula is C18H17Cl2N3O5S. The quantitative estimate of drug-likeness (QED) is 0.627. The van der Waals surface area contributed by atoms with Crippen LogP contribution in [0.15, 0.2) is 46.5 Å². The van der Waals surface area contributed by atoms with Crippen molar-refractivity contribution in [2.45, 2.75) is 6.54 Å². The molecule has 0 unspecified atom stereocenters. The van der Waals surface area contributed by atoms with Gasteiger partial charge in [-0.1, -0.05) is 29.3 Å². The number of esters is 1. The van der Waals surface area contributed by atoms with Crippen LogP contribution in [0.5, 0.6) is 0 Å². The number of carbonyl (C=O) groups is 2. The summed E-state index contributed by atoms with van der Waals surface area (Å²) < 4.78 is 31.7. The highest BCUT2D eigenvalue weighted by Crippen LogP contribution is 2.23. The van der Waals surface area contributed by atoms with Crippen LogP contribution in [-0.2, 0) is 30.9 Å². The van der Waals surface area contributed by atoms with Crippen molar-refractivity contribution in [3.63, 3.8) is 0 Å². The lowest BCUT2D eigenvalue weighted by Gasteiger charge is -2.26. The number of hydrogen-bond acceptors (Lipinski definition) is 6. The number of ether oxygens (including phenoxy) is 1. The van der Waals surface area contributed by atoms with Crippen LogP contribution in [0, 0.1) is 0 Å². The largest absolute Gasteiger partial charge is 0.452 e. The number of likely N-dealkylation sites (N-methyl/N-ethyl adjacent to an activating group) is 1. The summed E-state index contributed by atoms with van der Waals surface area (Å²) in [6.07, 6.45) is 4.29. The maximum atomic E-state index is 12.2. The molecule has 0 fully saturated rings. The molecule has 0 N–H and O–H groups in total. The molecule has 0 saturated carbocycles. The van der Waals surface area contributed by atoms with Crippen molar-refractivity contribution in [2.75, 3.05) is 26.0 Å². The van der Waals surface area contributed by atoms with Crippen LogP contribution in [0.4, 0.5) is 0 Å². The van der Waals surface area contributed by atoms with E-state index in [2.05, 4.69) is 4.40 Å². The Hall–Kier alpha value is -2.36. The zero-order valence-electron chi connectivity index (χ0n) is 15.3. The van der Waals surface area contributed by atoms with E-state index < -0.39 is 28.5 Å². The fourth-order valence-electron chi connectivity index (χ4n) is 2.64. The van der Waals surface area contributed by atoms with Gasteiger partial charge in [-0.3, -0.25) is 4.79 Å². The third-order valence-electron chi connectivity index (χ3n) is 4.22. The Labute approximate surface area is 178 Å². The van der Waals surface area contributed by atoms with Crippen molar-refractivity contribution < 1.29 is 22.7 Å². The van der Waals surface area contributed by atoms with E-state index in [0.717, 1.165) is 5.56 Å². The van der Waals surface area contributed by atoms with Crippen LogP contribution in [0.1, 0.15) is 5.56 Å². The first-order valence-corrected chi connectivity index (χ1v) is 10.9. The van der Waals surface area contributed by atoms with Crippen molar-refractivity contribution in [1.29, 1.82) is 0 Å². The van der Waals surface area contributed by atoms with Gasteiger partial charge in [0.1, 0.15) is 5.84 Å². The molecular weight excluding hydrogens is 441 g/mol. The molecule has 11 heteroatoms. The van der Waals surface area contributed by atoms with Crippen LogP contribution in [-0.4, -0.2) is 61.9 Å². The van der Waals surface area contributed by atoms with Gasteiger partial charge in [-0.05, 0) is 29.8 Å². The summed E-state index contributed by atoms with van der Waals surface area (Å²) in [4.78, 5) is 27.4. The Morgan fingerprint density at radius 1 is 1.24 bits per heavy atom. The first-order chi connectivity index (χ1) is 13.6. The van der Waals surface area contributed by atoms with E-state index in [1.807, 2.05) is 0 Å². The molecule has 8 nitrogen and oxygen atoms in total. The Kier molecular flexibility index (Phi) is 6.30. The molecule has 1 aromatic carbocycles. The lowest BCUT2D eigenvalue weighted by Crippen LogP contribution is -2.37. The summed E-state index contributed by atoms with van der Waals surface area (Å²) >= 11 is 11.8. The summed E-state index contributed by atoms with van der Waals surface area (Å²) in [5.41, 5.74) is 0.981. The maximum Gasteiger partial charge on any atom is 0.340 e. The fourth-order valence-corrected chi connectivity index (χ4v) is 3.93. The van der Waals surface area contributed by atoms with E-state index in [0.29, 0.717) is 10.0 Å². The number of sulfonamides is 1. The highest BCUT2D eigenvalue weighted by Gasteiger charge is 2.25. The molecule has 0 aliphatic carbocycles. The standard InChI is InChI=1S/C18H17Cl2N3O5S/c1-22(9-12-2-4-14(19)15(20)8-12)17(24)11-28-18(25)13-3-5-16-21-29(26,27)7-6-23(16)10-13/h2-5,8,10H,6-7,9,11H2,1H3. The van der Waals surface area contributed by atoms with E-state index in [1.165, 1.54) is 23.3 Å². The second kappa shape index (κ2) is 8.56. The van der Waals surface area contributed by atoms with Crippen LogP contribution in [0.2, 0.25) is 10.0 Å². The number of rotatable bonds is 5. The molecule has 2 aliphatic heterocycles. The molecule has 0 atom stereocenters. The predicted molar refractivity (Wildman–Crippen MR) is 109 cm³/mol. The van der Waals surface area contributed by atoms with Crippen molar-refractivity contribution in [3.8, 4) is 0 Å². The second-order valence-corrected chi connectivity index (χ2v) is 8.99. The monoisotopic (exact) mass is 457 g/mol. The minimum Gasteiger partial charge on any atom is -0.452 e. The topological polar surface area (TPSA) is 96.4 Å².